The summed E-state index contributed by atoms with van der Waals surface area (Å²) in [6.07, 6.45) is 12.5. The summed E-state index contributed by atoms with van der Waals surface area (Å²) in [7, 11) is 0. The Morgan fingerprint density at radius 1 is 0.886 bits per heavy atom. The highest BCUT2D eigenvalue weighted by molar-refractivity contribution is 7.15. The van der Waals surface area contributed by atoms with Gasteiger partial charge < -0.3 is 14.8 Å². The van der Waals surface area contributed by atoms with Crippen molar-refractivity contribution in [1.29, 1.82) is 0 Å². The average Bonchev–Trinajstić information content (AvgIpc) is 3.77. The number of benzene rings is 2. The number of aromatic nitrogens is 6. The Balaban J connectivity index is 0.000000204. The Morgan fingerprint density at radius 3 is 2.32 bits per heavy atom. The molecule has 3 heterocycles. The second-order valence-corrected chi connectivity index (χ2v) is 10.6. The smallest absolute Gasteiger partial charge is 0.325 e. The molecule has 2 amide bonds. The lowest BCUT2D eigenvalue weighted by atomic mass is 10.2. The summed E-state index contributed by atoms with van der Waals surface area (Å²) >= 11 is 1.36. The van der Waals surface area contributed by atoms with Crippen LogP contribution in [0.4, 0.5) is 30.2 Å². The summed E-state index contributed by atoms with van der Waals surface area (Å²) in [5, 5.41) is 14.7. The van der Waals surface area contributed by atoms with Crippen molar-refractivity contribution in [3.8, 4) is 11.8 Å². The van der Waals surface area contributed by atoms with E-state index in [4.69, 9.17) is 9.47 Å². The Hall–Kier alpha value is -5.31. The first-order valence-corrected chi connectivity index (χ1v) is 14.3. The molecule has 44 heavy (non-hydrogen) atoms. The number of hydrogen-bond donors (Lipinski definition) is 3. The number of nitrogens with zero attached hydrogens (tertiary/aromatic N) is 6. The van der Waals surface area contributed by atoms with Crippen LogP contribution in [0.5, 0.6) is 11.8 Å². The lowest BCUT2D eigenvalue weighted by molar-refractivity contribution is 0.262. The van der Waals surface area contributed by atoms with E-state index in [1.165, 1.54) is 67.2 Å². The summed E-state index contributed by atoms with van der Waals surface area (Å²) in [6.45, 7) is 0.288. The Morgan fingerprint density at radius 2 is 1.64 bits per heavy atom. The molecule has 6 rings (SSSR count). The average molecular weight is 620 g/mol. The fourth-order valence-corrected chi connectivity index (χ4v) is 4.58. The van der Waals surface area contributed by atoms with Gasteiger partial charge in [-0.2, -0.15) is 0 Å². The first-order valence-electron chi connectivity index (χ1n) is 13.5. The van der Waals surface area contributed by atoms with Crippen molar-refractivity contribution in [3.63, 3.8) is 0 Å². The zero-order chi connectivity index (χ0) is 30.6. The van der Waals surface area contributed by atoms with Gasteiger partial charge in [0.1, 0.15) is 24.0 Å². The predicted octanol–water partition coefficient (Wildman–Crippen LogP) is 5.99. The minimum atomic E-state index is -0.471. The largest absolute Gasteiger partial charge is 0.472 e. The van der Waals surface area contributed by atoms with Gasteiger partial charge in [-0.15, -0.1) is 14.7 Å². The molecule has 12 nitrogen and oxygen atoms in total. The molecule has 0 atom stereocenters. The van der Waals surface area contributed by atoms with Crippen molar-refractivity contribution >= 4 is 33.9 Å². The molecule has 1 aliphatic carbocycles. The zero-order valence-corrected chi connectivity index (χ0v) is 24.0. The number of carbonyl (C=O) groups is 1. The topological polar surface area (TPSA) is 149 Å². The molecule has 0 radical (unpaired) electrons. The summed E-state index contributed by atoms with van der Waals surface area (Å²) in [5.74, 6) is 0.998. The van der Waals surface area contributed by atoms with Crippen LogP contribution >= 0.6 is 11.3 Å². The molecule has 0 spiro atoms. The molecular weight excluding hydrogens is 592 g/mol. The molecule has 1 saturated carbocycles. The highest BCUT2D eigenvalue weighted by atomic mass is 32.1. The number of anilines is 3. The maximum Gasteiger partial charge on any atom is 0.325 e. The molecule has 1 fully saturated rings. The van der Waals surface area contributed by atoms with Crippen molar-refractivity contribution < 1.29 is 23.1 Å². The summed E-state index contributed by atoms with van der Waals surface area (Å²) in [6, 6.07) is 10.7. The van der Waals surface area contributed by atoms with Crippen LogP contribution in [0.2, 0.25) is 0 Å². The van der Waals surface area contributed by atoms with Gasteiger partial charge in [0.05, 0.1) is 18.1 Å². The number of nitrogens with one attached hydrogen (secondary N) is 3. The Labute approximate surface area is 254 Å². The van der Waals surface area contributed by atoms with E-state index in [2.05, 4.69) is 40.8 Å². The molecule has 226 valence electrons. The molecule has 3 N–H and O–H groups in total. The molecule has 2 aromatic carbocycles. The van der Waals surface area contributed by atoms with Crippen molar-refractivity contribution in [3.05, 3.63) is 102 Å². The lowest BCUT2D eigenvalue weighted by Crippen LogP contribution is -2.19. The number of urea groups is 1. The molecule has 5 aromatic rings. The summed E-state index contributed by atoms with van der Waals surface area (Å²) < 4.78 is 36.9. The fourth-order valence-electron chi connectivity index (χ4n) is 3.73. The van der Waals surface area contributed by atoms with Crippen LogP contribution in [0.1, 0.15) is 29.0 Å². The van der Waals surface area contributed by atoms with Crippen molar-refractivity contribution in [2.24, 2.45) is 5.92 Å². The van der Waals surface area contributed by atoms with Gasteiger partial charge in [0.2, 0.25) is 16.9 Å². The third-order valence-electron chi connectivity index (χ3n) is 6.03. The third-order valence-corrected chi connectivity index (χ3v) is 6.89. The minimum absolute atomic E-state index is 0.0391. The normalized spacial score (nSPS) is 12.0. The van der Waals surface area contributed by atoms with E-state index in [1.54, 1.807) is 36.1 Å². The summed E-state index contributed by atoms with van der Waals surface area (Å²) in [5.41, 5.74) is 3.55. The first-order chi connectivity index (χ1) is 21.5. The van der Waals surface area contributed by atoms with Crippen LogP contribution in [0.3, 0.4) is 0 Å². The van der Waals surface area contributed by atoms with Gasteiger partial charge in [-0.1, -0.05) is 23.5 Å². The van der Waals surface area contributed by atoms with Gasteiger partial charge in [-0.3, -0.25) is 15.3 Å². The van der Waals surface area contributed by atoms with E-state index >= 15 is 0 Å². The summed E-state index contributed by atoms with van der Waals surface area (Å²) in [4.78, 5) is 27.9. The number of rotatable bonds is 11. The van der Waals surface area contributed by atoms with E-state index in [0.717, 1.165) is 17.0 Å². The molecule has 15 heteroatoms. The highest BCUT2D eigenvalue weighted by Gasteiger charge is 2.23. The van der Waals surface area contributed by atoms with E-state index in [9.17, 15) is 13.7 Å². The molecule has 0 saturated heterocycles. The first kappa shape index (κ1) is 30.2. The predicted molar refractivity (Wildman–Crippen MR) is 159 cm³/mol. The van der Waals surface area contributed by atoms with Gasteiger partial charge in [-0.05, 0) is 54.7 Å². The van der Waals surface area contributed by atoms with Crippen molar-refractivity contribution in [2.75, 3.05) is 16.2 Å². The molecule has 3 aromatic heterocycles. The number of amides is 2. The SMILES string of the molecule is FNc1cccc(COc2cnccn2)c1.O=C(Nc1ccc(F)c(COc2cnccn2)c1)Nc1nnc(CC2CC2)s1. The quantitative estimate of drug-likeness (QED) is 0.150. The van der Waals surface area contributed by atoms with Crippen molar-refractivity contribution in [2.45, 2.75) is 32.5 Å². The van der Waals surface area contributed by atoms with E-state index in [1.807, 2.05) is 6.07 Å². The van der Waals surface area contributed by atoms with Crippen molar-refractivity contribution in [1.82, 2.24) is 30.1 Å². The monoisotopic (exact) mass is 619 g/mol. The molecule has 1 aliphatic rings. The van der Waals surface area contributed by atoms with Gasteiger partial charge in [0, 0.05) is 42.5 Å². The second kappa shape index (κ2) is 15.2. The van der Waals surface area contributed by atoms with E-state index in [-0.39, 0.29) is 18.1 Å². The standard InChI is InChI=1S/C18H17FN6O2S.C11H10FN3O/c19-14-4-3-13(8-12(14)10-27-15-9-20-5-6-21-15)22-17(26)23-18-25-24-16(28-18)7-11-1-2-11;12-15-10-3-1-2-9(6-10)8-16-11-7-13-4-5-14-11/h3-6,8-9,11H,1-2,7,10H2,(H2,22,23,25,26);1-7,15H,8H2. The molecule has 0 bridgehead atoms. The minimum Gasteiger partial charge on any atom is -0.472 e. The van der Waals surface area contributed by atoms with E-state index < -0.39 is 11.8 Å². The lowest BCUT2D eigenvalue weighted by Gasteiger charge is -2.09. The van der Waals surface area contributed by atoms with Gasteiger partial charge in [0.15, 0.2) is 0 Å². The van der Waals surface area contributed by atoms with Gasteiger partial charge >= 0.3 is 6.03 Å². The fraction of sp³-hybridized carbons (Fsp3) is 0.207. The maximum atomic E-state index is 14.0. The van der Waals surface area contributed by atoms with Gasteiger partial charge in [-0.25, -0.2) is 24.7 Å². The molecule has 0 aliphatic heterocycles. The third kappa shape index (κ3) is 9.62. The molecular formula is C29H27F2N9O3S. The number of hydrogen-bond acceptors (Lipinski definition) is 11. The van der Waals surface area contributed by atoms with Gasteiger partial charge in [0.25, 0.3) is 0 Å². The maximum absolute atomic E-state index is 14.0. The van der Waals surface area contributed by atoms with E-state index in [0.29, 0.717) is 34.9 Å². The van der Waals surface area contributed by atoms with Crippen LogP contribution < -0.4 is 25.6 Å². The second-order valence-electron chi connectivity index (χ2n) is 9.49. The van der Waals surface area contributed by atoms with Crippen LogP contribution in [0, 0.1) is 11.7 Å². The molecule has 0 unspecified atom stereocenters. The Kier molecular flexibility index (Phi) is 10.4. The van der Waals surface area contributed by atoms with Crippen LogP contribution in [-0.2, 0) is 19.6 Å². The number of halogens is 2. The zero-order valence-electron chi connectivity index (χ0n) is 23.2. The number of carbonyl (C=O) groups excluding carboxylic acids is 1. The number of ether oxygens (including phenoxy) is 2. The van der Waals surface area contributed by atoms with Crippen LogP contribution in [-0.4, -0.2) is 36.2 Å². The highest BCUT2D eigenvalue weighted by Crippen LogP contribution is 2.33. The van der Waals surface area contributed by atoms with Crippen LogP contribution in [0.15, 0.2) is 79.6 Å². The Bertz CT molecular complexity index is 1640. The van der Waals surface area contributed by atoms with Crippen LogP contribution in [0.25, 0.3) is 0 Å².